The summed E-state index contributed by atoms with van der Waals surface area (Å²) in [6.45, 7) is 3.59. The standard InChI is InChI=1S/C12H18F3N3O2S/c1-4-16-11-7-10(5-6-17-11)21(19,20)18(9(2)3)8-12(13,14)15/h5-7,9H,4,8H2,1-3H3,(H,16,17). The van der Waals surface area contributed by atoms with Crippen LogP contribution in [0.3, 0.4) is 0 Å². The third-order valence-electron chi connectivity index (χ3n) is 2.61. The molecule has 120 valence electrons. The maximum Gasteiger partial charge on any atom is 0.402 e. The van der Waals surface area contributed by atoms with E-state index in [1.807, 2.05) is 0 Å². The van der Waals surface area contributed by atoms with Gasteiger partial charge in [-0.1, -0.05) is 0 Å². The first-order valence-electron chi connectivity index (χ1n) is 6.36. The van der Waals surface area contributed by atoms with E-state index >= 15 is 0 Å². The molecule has 0 radical (unpaired) electrons. The van der Waals surface area contributed by atoms with Crippen LogP contribution < -0.4 is 5.32 Å². The summed E-state index contributed by atoms with van der Waals surface area (Å²) in [5.41, 5.74) is 0. The highest BCUT2D eigenvalue weighted by atomic mass is 32.2. The number of hydrogen-bond acceptors (Lipinski definition) is 4. The number of sulfonamides is 1. The Morgan fingerprint density at radius 1 is 1.38 bits per heavy atom. The molecule has 0 amide bonds. The Kier molecular flexibility index (Phi) is 5.57. The molecule has 0 aliphatic rings. The summed E-state index contributed by atoms with van der Waals surface area (Å²) < 4.78 is 62.9. The summed E-state index contributed by atoms with van der Waals surface area (Å²) in [7, 11) is -4.24. The molecular weight excluding hydrogens is 307 g/mol. The van der Waals surface area contributed by atoms with E-state index in [9.17, 15) is 21.6 Å². The Morgan fingerprint density at radius 2 is 2.00 bits per heavy atom. The molecule has 9 heteroatoms. The largest absolute Gasteiger partial charge is 0.402 e. The molecule has 1 N–H and O–H groups in total. The van der Waals surface area contributed by atoms with E-state index in [4.69, 9.17) is 0 Å². The fourth-order valence-corrected chi connectivity index (χ4v) is 3.34. The monoisotopic (exact) mass is 325 g/mol. The summed E-state index contributed by atoms with van der Waals surface area (Å²) >= 11 is 0. The summed E-state index contributed by atoms with van der Waals surface area (Å²) in [5, 5.41) is 2.82. The lowest BCUT2D eigenvalue weighted by atomic mass is 10.4. The van der Waals surface area contributed by atoms with Crippen LogP contribution in [0.5, 0.6) is 0 Å². The first-order chi connectivity index (χ1) is 9.58. The van der Waals surface area contributed by atoms with Crippen molar-refractivity contribution in [1.82, 2.24) is 9.29 Å². The molecule has 1 aromatic heterocycles. The van der Waals surface area contributed by atoms with Gasteiger partial charge in [-0.05, 0) is 26.8 Å². The van der Waals surface area contributed by atoms with Gasteiger partial charge in [0.1, 0.15) is 12.4 Å². The van der Waals surface area contributed by atoms with Crippen LogP contribution in [0, 0.1) is 0 Å². The maximum atomic E-state index is 12.6. The van der Waals surface area contributed by atoms with E-state index in [2.05, 4.69) is 10.3 Å². The number of rotatable bonds is 6. The molecule has 5 nitrogen and oxygen atoms in total. The van der Waals surface area contributed by atoms with Crippen LogP contribution >= 0.6 is 0 Å². The van der Waals surface area contributed by atoms with Crippen molar-refractivity contribution in [2.24, 2.45) is 0 Å². The minimum Gasteiger partial charge on any atom is -0.370 e. The zero-order valence-corrected chi connectivity index (χ0v) is 12.8. The van der Waals surface area contributed by atoms with Crippen LogP contribution in [0.4, 0.5) is 19.0 Å². The number of aromatic nitrogens is 1. The zero-order valence-electron chi connectivity index (χ0n) is 12.0. The molecule has 0 bridgehead atoms. The van der Waals surface area contributed by atoms with Gasteiger partial charge in [0, 0.05) is 24.8 Å². The Hall–Kier alpha value is -1.35. The fraction of sp³-hybridized carbons (Fsp3) is 0.583. The quantitative estimate of drug-likeness (QED) is 0.873. The Bertz CT molecular complexity index is 573. The summed E-state index contributed by atoms with van der Waals surface area (Å²) in [5.74, 6) is 0.300. The van der Waals surface area contributed by atoms with Gasteiger partial charge in [0.2, 0.25) is 10.0 Å². The van der Waals surface area contributed by atoms with Gasteiger partial charge in [-0.2, -0.15) is 17.5 Å². The fourth-order valence-electron chi connectivity index (χ4n) is 1.71. The van der Waals surface area contributed by atoms with Crippen LogP contribution in [-0.4, -0.2) is 43.0 Å². The Balaban J connectivity index is 3.20. The molecule has 1 rings (SSSR count). The van der Waals surface area contributed by atoms with E-state index in [0.717, 1.165) is 0 Å². The summed E-state index contributed by atoms with van der Waals surface area (Å²) in [6.07, 6.45) is -3.36. The molecule has 0 fully saturated rings. The molecule has 0 spiro atoms. The maximum absolute atomic E-state index is 12.6. The summed E-state index contributed by atoms with van der Waals surface area (Å²) in [4.78, 5) is 3.69. The Labute approximate surface area is 122 Å². The van der Waals surface area contributed by atoms with Gasteiger partial charge in [0.05, 0.1) is 4.90 Å². The minimum atomic E-state index is -4.60. The molecule has 1 heterocycles. The molecule has 0 atom stereocenters. The highest BCUT2D eigenvalue weighted by Gasteiger charge is 2.38. The predicted molar refractivity (Wildman–Crippen MR) is 73.5 cm³/mol. The lowest BCUT2D eigenvalue weighted by Crippen LogP contribution is -2.43. The van der Waals surface area contributed by atoms with Crippen LogP contribution in [-0.2, 0) is 10.0 Å². The van der Waals surface area contributed by atoms with Gasteiger partial charge in [-0.3, -0.25) is 0 Å². The van der Waals surface area contributed by atoms with E-state index < -0.39 is 28.8 Å². The van der Waals surface area contributed by atoms with E-state index in [1.165, 1.54) is 32.2 Å². The van der Waals surface area contributed by atoms with Crippen LogP contribution in [0.2, 0.25) is 0 Å². The number of nitrogens with zero attached hydrogens (tertiary/aromatic N) is 2. The molecule has 0 saturated heterocycles. The topological polar surface area (TPSA) is 62.3 Å². The molecule has 0 unspecified atom stereocenters. The second kappa shape index (κ2) is 6.61. The van der Waals surface area contributed by atoms with Crippen molar-refractivity contribution in [2.45, 2.75) is 37.9 Å². The van der Waals surface area contributed by atoms with Gasteiger partial charge >= 0.3 is 6.18 Å². The van der Waals surface area contributed by atoms with Crippen LogP contribution in [0.25, 0.3) is 0 Å². The second-order valence-electron chi connectivity index (χ2n) is 4.67. The van der Waals surface area contributed by atoms with Crippen molar-refractivity contribution in [3.8, 4) is 0 Å². The highest BCUT2D eigenvalue weighted by Crippen LogP contribution is 2.25. The molecule has 0 saturated carbocycles. The number of nitrogens with one attached hydrogen (secondary N) is 1. The average Bonchev–Trinajstić information content (AvgIpc) is 2.35. The zero-order chi connectivity index (χ0) is 16.3. The lowest BCUT2D eigenvalue weighted by molar-refractivity contribution is -0.138. The van der Waals surface area contributed by atoms with Crippen LogP contribution in [0.15, 0.2) is 23.2 Å². The predicted octanol–water partition coefficient (Wildman–Crippen LogP) is 2.47. The highest BCUT2D eigenvalue weighted by molar-refractivity contribution is 7.89. The molecule has 0 aliphatic heterocycles. The van der Waals surface area contributed by atoms with Gasteiger partial charge < -0.3 is 5.32 Å². The summed E-state index contributed by atoms with van der Waals surface area (Å²) in [6, 6.07) is 1.60. The Morgan fingerprint density at radius 3 is 2.48 bits per heavy atom. The number of anilines is 1. The van der Waals surface area contributed by atoms with E-state index in [0.29, 0.717) is 16.7 Å². The normalized spacial score (nSPS) is 13.0. The van der Waals surface area contributed by atoms with Crippen LogP contribution in [0.1, 0.15) is 20.8 Å². The van der Waals surface area contributed by atoms with Gasteiger partial charge in [0.25, 0.3) is 0 Å². The molecular formula is C12H18F3N3O2S. The number of pyridine rings is 1. The smallest absolute Gasteiger partial charge is 0.370 e. The SMILES string of the molecule is CCNc1cc(S(=O)(=O)N(CC(F)(F)F)C(C)C)ccn1. The second-order valence-corrected chi connectivity index (χ2v) is 6.56. The van der Waals surface area contributed by atoms with E-state index in [1.54, 1.807) is 6.92 Å². The van der Waals surface area contributed by atoms with Gasteiger partial charge in [-0.15, -0.1) is 0 Å². The number of alkyl halides is 3. The lowest BCUT2D eigenvalue weighted by Gasteiger charge is -2.26. The molecule has 1 aromatic rings. The van der Waals surface area contributed by atoms with Crippen molar-refractivity contribution < 1.29 is 21.6 Å². The molecule has 0 aromatic carbocycles. The first-order valence-corrected chi connectivity index (χ1v) is 7.80. The number of hydrogen-bond donors (Lipinski definition) is 1. The third kappa shape index (κ3) is 4.85. The van der Waals surface area contributed by atoms with Crippen molar-refractivity contribution in [1.29, 1.82) is 0 Å². The molecule has 0 aliphatic carbocycles. The van der Waals surface area contributed by atoms with Gasteiger partial charge in [-0.25, -0.2) is 13.4 Å². The van der Waals surface area contributed by atoms with Crippen molar-refractivity contribution in [2.75, 3.05) is 18.4 Å². The minimum absolute atomic E-state index is 0.216. The molecule has 21 heavy (non-hydrogen) atoms. The van der Waals surface area contributed by atoms with Crippen molar-refractivity contribution >= 4 is 15.8 Å². The van der Waals surface area contributed by atoms with E-state index in [-0.39, 0.29) is 4.90 Å². The first kappa shape index (κ1) is 17.7. The van der Waals surface area contributed by atoms with Crippen molar-refractivity contribution in [3.63, 3.8) is 0 Å². The average molecular weight is 325 g/mol. The third-order valence-corrected chi connectivity index (χ3v) is 4.62. The van der Waals surface area contributed by atoms with Gasteiger partial charge in [0.15, 0.2) is 0 Å². The number of halogens is 3. The van der Waals surface area contributed by atoms with Crippen molar-refractivity contribution in [3.05, 3.63) is 18.3 Å².